The van der Waals surface area contributed by atoms with Gasteiger partial charge in [-0.2, -0.15) is 5.26 Å². The molecule has 4 rings (SSSR count). The molecule has 5 N–H and O–H groups in total. The number of carbonyl (C=O) groups excluding carboxylic acids is 2. The summed E-state index contributed by atoms with van der Waals surface area (Å²) in [6.07, 6.45) is 1.44. The minimum Gasteiger partial charge on any atom is -0.468 e. The number of carbonyl (C=O) groups is 2. The molecule has 40 heavy (non-hydrogen) atoms. The molecule has 0 radical (unpaired) electrons. The molecule has 2 aromatic carbocycles. The van der Waals surface area contributed by atoms with Gasteiger partial charge in [0.05, 0.1) is 45.1 Å². The summed E-state index contributed by atoms with van der Waals surface area (Å²) in [5.74, 6) is -1.34. The topological polar surface area (TPSA) is 167 Å². The number of rotatable bonds is 8. The first-order chi connectivity index (χ1) is 19.0. The fourth-order valence-corrected chi connectivity index (χ4v) is 5.59. The highest BCUT2D eigenvalue weighted by atomic mass is 35.5. The number of hydrogen-bond donors (Lipinski definition) is 4. The van der Waals surface area contributed by atoms with Crippen molar-refractivity contribution in [3.63, 3.8) is 0 Å². The van der Waals surface area contributed by atoms with E-state index in [4.69, 9.17) is 21.2 Å². The van der Waals surface area contributed by atoms with Gasteiger partial charge in [0.2, 0.25) is 15.9 Å². The molecule has 13 heteroatoms. The number of hydrogen-bond acceptors (Lipinski definition) is 8. The molecule has 3 aromatic rings. The van der Waals surface area contributed by atoms with Gasteiger partial charge < -0.3 is 20.4 Å². The number of allylic oxidation sites excluding steroid dienone is 2. The molecule has 0 aliphatic carbocycles. The number of aryl methyl sites for hydroxylation is 1. The molecule has 0 saturated heterocycles. The monoisotopic (exact) mass is 597 g/mol. The van der Waals surface area contributed by atoms with Crippen LogP contribution in [0.4, 0.5) is 11.4 Å². The highest BCUT2D eigenvalue weighted by molar-refractivity contribution is 8.03. The molecule has 1 aliphatic rings. The summed E-state index contributed by atoms with van der Waals surface area (Å²) in [5.41, 5.74) is 2.64. The van der Waals surface area contributed by atoms with Gasteiger partial charge >= 0.3 is 0 Å². The number of nitrogens with one attached hydrogen (secondary N) is 3. The van der Waals surface area contributed by atoms with E-state index in [0.717, 1.165) is 17.3 Å². The quantitative estimate of drug-likeness (QED) is 0.292. The van der Waals surface area contributed by atoms with Crippen molar-refractivity contribution in [3.8, 4) is 6.07 Å². The smallest absolute Gasteiger partial charge is 0.254 e. The number of thioether (sulfide) groups is 1. The Bertz CT molecular complexity index is 1670. The van der Waals surface area contributed by atoms with E-state index >= 15 is 0 Å². The summed E-state index contributed by atoms with van der Waals surface area (Å²) in [4.78, 5) is 26.0. The first-order valence-corrected chi connectivity index (χ1v) is 14.7. The highest BCUT2D eigenvalue weighted by Crippen LogP contribution is 2.41. The molecule has 0 saturated carbocycles. The number of halogens is 1. The Morgan fingerprint density at radius 3 is 2.42 bits per heavy atom. The second-order valence-corrected chi connectivity index (χ2v) is 11.7. The van der Waals surface area contributed by atoms with E-state index in [2.05, 4.69) is 22.0 Å². The first kappa shape index (κ1) is 29.0. The number of furan rings is 1. The number of dihydropyridines is 1. The van der Waals surface area contributed by atoms with Crippen molar-refractivity contribution in [2.45, 2.75) is 24.7 Å². The maximum Gasteiger partial charge on any atom is 0.254 e. The standard InChI is InChI=1S/C27H24ClN5O5S2/c1-15-5-6-18(12-21(15)28)32-23(34)14-39-27-20(13-29)25(22-4-3-11-38-22)24(16(2)31-27)26(35)33-17-7-9-19(10-8-17)40(30,36)37/h3-12,25,31H,14H2,1-2H3,(H,32,34)(H,33,35)(H2,30,36,37)/t25-/m0/s1. The molecule has 0 unspecified atom stereocenters. The van der Waals surface area contributed by atoms with Gasteiger partial charge in [-0.15, -0.1) is 0 Å². The molecule has 2 amide bonds. The summed E-state index contributed by atoms with van der Waals surface area (Å²) in [5, 5.41) is 24.8. The Hall–Kier alpha value is -4.02. The molecule has 1 atom stereocenters. The van der Waals surface area contributed by atoms with E-state index in [1.54, 1.807) is 37.3 Å². The summed E-state index contributed by atoms with van der Waals surface area (Å²) >= 11 is 7.26. The van der Waals surface area contributed by atoms with Crippen LogP contribution in [0.25, 0.3) is 0 Å². The van der Waals surface area contributed by atoms with Gasteiger partial charge in [0.25, 0.3) is 5.91 Å². The molecule has 10 nitrogen and oxygen atoms in total. The van der Waals surface area contributed by atoms with Crippen LogP contribution in [-0.2, 0) is 19.6 Å². The van der Waals surface area contributed by atoms with E-state index < -0.39 is 21.8 Å². The zero-order chi connectivity index (χ0) is 29.0. The largest absolute Gasteiger partial charge is 0.468 e. The number of primary sulfonamides is 1. The maximum absolute atomic E-state index is 13.4. The lowest BCUT2D eigenvalue weighted by Gasteiger charge is -2.28. The molecular formula is C27H24ClN5O5S2. The molecule has 1 aliphatic heterocycles. The lowest BCUT2D eigenvalue weighted by Crippen LogP contribution is -2.31. The van der Waals surface area contributed by atoms with Crippen LogP contribution in [0.1, 0.15) is 24.2 Å². The fourth-order valence-electron chi connectivity index (χ4n) is 4.00. The van der Waals surface area contributed by atoms with E-state index in [-0.39, 0.29) is 27.7 Å². The summed E-state index contributed by atoms with van der Waals surface area (Å²) < 4.78 is 28.7. The third-order valence-corrected chi connectivity index (χ3v) is 8.32. The van der Waals surface area contributed by atoms with Crippen molar-refractivity contribution in [1.82, 2.24) is 5.32 Å². The van der Waals surface area contributed by atoms with Crippen molar-refractivity contribution in [1.29, 1.82) is 5.26 Å². The summed E-state index contributed by atoms with van der Waals surface area (Å²) in [6, 6.07) is 16.1. The number of sulfonamides is 1. The minimum atomic E-state index is -3.89. The molecule has 0 fully saturated rings. The average molecular weight is 598 g/mol. The second-order valence-electron chi connectivity index (χ2n) is 8.79. The number of nitrogens with two attached hydrogens (primary N) is 1. The third-order valence-electron chi connectivity index (χ3n) is 5.96. The van der Waals surface area contributed by atoms with Crippen molar-refractivity contribution in [3.05, 3.63) is 99.1 Å². The summed E-state index contributed by atoms with van der Waals surface area (Å²) in [6.45, 7) is 3.54. The first-order valence-electron chi connectivity index (χ1n) is 11.8. The van der Waals surface area contributed by atoms with E-state index in [1.165, 1.54) is 30.5 Å². The van der Waals surface area contributed by atoms with Crippen LogP contribution in [0.5, 0.6) is 0 Å². The Morgan fingerprint density at radius 1 is 1.12 bits per heavy atom. The van der Waals surface area contributed by atoms with E-state index in [9.17, 15) is 23.3 Å². The number of nitriles is 1. The van der Waals surface area contributed by atoms with Crippen LogP contribution < -0.4 is 21.1 Å². The van der Waals surface area contributed by atoms with Crippen LogP contribution in [0.2, 0.25) is 5.02 Å². The van der Waals surface area contributed by atoms with Crippen LogP contribution in [0.15, 0.2) is 92.0 Å². The lowest BCUT2D eigenvalue weighted by molar-refractivity contribution is -0.114. The van der Waals surface area contributed by atoms with Gasteiger partial charge in [0.15, 0.2) is 0 Å². The van der Waals surface area contributed by atoms with Gasteiger partial charge in [0, 0.05) is 22.1 Å². The Kier molecular flexibility index (Phi) is 8.70. The van der Waals surface area contributed by atoms with Gasteiger partial charge in [-0.1, -0.05) is 29.4 Å². The lowest BCUT2D eigenvalue weighted by atomic mass is 9.85. The number of benzene rings is 2. The molecule has 0 spiro atoms. The normalized spacial score (nSPS) is 15.3. The average Bonchev–Trinajstić information content (AvgIpc) is 3.43. The van der Waals surface area contributed by atoms with Crippen LogP contribution >= 0.6 is 23.4 Å². The number of anilines is 2. The summed E-state index contributed by atoms with van der Waals surface area (Å²) in [7, 11) is -3.89. The third kappa shape index (κ3) is 6.57. The van der Waals surface area contributed by atoms with Crippen molar-refractivity contribution in [2.24, 2.45) is 5.14 Å². The van der Waals surface area contributed by atoms with Crippen molar-refractivity contribution in [2.75, 3.05) is 16.4 Å². The highest BCUT2D eigenvalue weighted by Gasteiger charge is 2.36. The Labute approximate surface area is 240 Å². The van der Waals surface area contributed by atoms with Crippen molar-refractivity contribution < 1.29 is 22.4 Å². The molecule has 0 bridgehead atoms. The van der Waals surface area contributed by atoms with Crippen molar-refractivity contribution >= 4 is 56.6 Å². The number of nitrogens with zero attached hydrogens (tertiary/aromatic N) is 1. The van der Waals surface area contributed by atoms with Gasteiger partial charge in [-0.05, 0) is 67.9 Å². The Morgan fingerprint density at radius 2 is 1.82 bits per heavy atom. The Balaban J connectivity index is 1.56. The van der Waals surface area contributed by atoms with Gasteiger partial charge in [-0.3, -0.25) is 9.59 Å². The van der Waals surface area contributed by atoms with E-state index in [1.807, 2.05) is 6.92 Å². The van der Waals surface area contributed by atoms with Crippen LogP contribution in [0.3, 0.4) is 0 Å². The second kappa shape index (κ2) is 12.0. The fraction of sp³-hybridized carbons (Fsp3) is 0.148. The molecule has 1 aromatic heterocycles. The van der Waals surface area contributed by atoms with Gasteiger partial charge in [-0.25, -0.2) is 13.6 Å². The van der Waals surface area contributed by atoms with Crippen LogP contribution in [0, 0.1) is 18.3 Å². The predicted octanol–water partition coefficient (Wildman–Crippen LogP) is 4.60. The SMILES string of the molecule is CC1=C(C(=O)Nc2ccc(S(N)(=O)=O)cc2)[C@H](c2ccco2)C(C#N)=C(SCC(=O)Nc2ccc(C)c(Cl)c2)N1. The molecular weight excluding hydrogens is 574 g/mol. The predicted molar refractivity (Wildman–Crippen MR) is 154 cm³/mol. The molecule has 2 heterocycles. The number of amides is 2. The minimum absolute atomic E-state index is 0.0188. The zero-order valence-corrected chi connectivity index (χ0v) is 23.7. The van der Waals surface area contributed by atoms with Crippen LogP contribution in [-0.4, -0.2) is 26.0 Å². The molecule has 206 valence electrons. The van der Waals surface area contributed by atoms with Gasteiger partial charge in [0.1, 0.15) is 5.76 Å². The maximum atomic E-state index is 13.4. The zero-order valence-electron chi connectivity index (χ0n) is 21.3. The van der Waals surface area contributed by atoms with E-state index in [0.29, 0.717) is 32.9 Å².